The lowest BCUT2D eigenvalue weighted by molar-refractivity contribution is -0.122. The molecule has 1 amide bonds. The maximum Gasteiger partial charge on any atom is 0.234 e. The lowest BCUT2D eigenvalue weighted by Gasteiger charge is -2.16. The number of amides is 1. The molecule has 0 saturated carbocycles. The molecule has 2 heterocycles. The van der Waals surface area contributed by atoms with E-state index >= 15 is 0 Å². The van der Waals surface area contributed by atoms with Crippen molar-refractivity contribution in [2.45, 2.75) is 32.7 Å². The summed E-state index contributed by atoms with van der Waals surface area (Å²) in [5.74, 6) is 0.941. The molecule has 140 valence electrons. The molecule has 1 fully saturated rings. The van der Waals surface area contributed by atoms with Gasteiger partial charge >= 0.3 is 0 Å². The smallest absolute Gasteiger partial charge is 0.234 e. The Hall–Kier alpha value is -2.34. The fourth-order valence-electron chi connectivity index (χ4n) is 3.57. The normalized spacial score (nSPS) is 17.4. The van der Waals surface area contributed by atoms with Gasteiger partial charge in [0, 0.05) is 25.3 Å². The van der Waals surface area contributed by atoms with Crippen LogP contribution in [0.1, 0.15) is 29.4 Å². The predicted molar refractivity (Wildman–Crippen MR) is 102 cm³/mol. The van der Waals surface area contributed by atoms with Crippen LogP contribution >= 0.6 is 0 Å². The van der Waals surface area contributed by atoms with E-state index in [9.17, 15) is 4.79 Å². The number of nitrogens with zero attached hydrogens (tertiary/aromatic N) is 3. The molecule has 0 radical (unpaired) electrons. The van der Waals surface area contributed by atoms with Gasteiger partial charge in [0.25, 0.3) is 0 Å². The highest BCUT2D eigenvalue weighted by Gasteiger charge is 2.26. The lowest BCUT2D eigenvalue weighted by Crippen LogP contribution is -2.37. The first kappa shape index (κ1) is 18.5. The van der Waals surface area contributed by atoms with Crippen LogP contribution in [0.2, 0.25) is 0 Å². The van der Waals surface area contributed by atoms with Crippen molar-refractivity contribution in [2.75, 3.05) is 33.3 Å². The Balaban J connectivity index is 1.40. The maximum absolute atomic E-state index is 12.2. The Kier molecular flexibility index (Phi) is 5.93. The molecule has 2 aromatic rings. The zero-order chi connectivity index (χ0) is 18.5. The second-order valence-electron chi connectivity index (χ2n) is 7.00. The van der Waals surface area contributed by atoms with Crippen LogP contribution in [-0.4, -0.2) is 53.9 Å². The van der Waals surface area contributed by atoms with Gasteiger partial charge in [0.05, 0.1) is 25.4 Å². The van der Waals surface area contributed by atoms with Crippen LogP contribution in [0.3, 0.4) is 0 Å². The van der Waals surface area contributed by atoms with Gasteiger partial charge in [0.15, 0.2) is 0 Å². The first-order valence-corrected chi connectivity index (χ1v) is 9.20. The molecule has 3 rings (SSSR count). The molecule has 1 saturated heterocycles. The third-order valence-corrected chi connectivity index (χ3v) is 4.90. The second-order valence-corrected chi connectivity index (χ2v) is 7.00. The van der Waals surface area contributed by atoms with Gasteiger partial charge in [0.2, 0.25) is 5.91 Å². The average Bonchev–Trinajstić information content (AvgIpc) is 3.21. The minimum absolute atomic E-state index is 0.0903. The topological polar surface area (TPSA) is 59.4 Å². The first-order valence-electron chi connectivity index (χ1n) is 9.20. The van der Waals surface area contributed by atoms with Crippen LogP contribution in [0.4, 0.5) is 0 Å². The third kappa shape index (κ3) is 4.64. The van der Waals surface area contributed by atoms with E-state index in [4.69, 9.17) is 4.74 Å². The molecule has 0 aliphatic carbocycles. The number of carbonyl (C=O) groups is 1. The van der Waals surface area contributed by atoms with Gasteiger partial charge in [-0.25, -0.2) is 0 Å². The van der Waals surface area contributed by atoms with E-state index in [-0.39, 0.29) is 5.91 Å². The van der Waals surface area contributed by atoms with Crippen molar-refractivity contribution in [3.63, 3.8) is 0 Å². The van der Waals surface area contributed by atoms with Gasteiger partial charge < -0.3 is 10.1 Å². The highest BCUT2D eigenvalue weighted by atomic mass is 16.5. The molecule has 1 aromatic heterocycles. The van der Waals surface area contributed by atoms with Gasteiger partial charge in [0.1, 0.15) is 5.75 Å². The molecule has 0 spiro atoms. The summed E-state index contributed by atoms with van der Waals surface area (Å²) >= 11 is 0. The van der Waals surface area contributed by atoms with Crippen molar-refractivity contribution >= 4 is 5.91 Å². The van der Waals surface area contributed by atoms with Crippen molar-refractivity contribution in [1.29, 1.82) is 0 Å². The summed E-state index contributed by atoms with van der Waals surface area (Å²) in [6, 6.07) is 10.4. The quantitative estimate of drug-likeness (QED) is 0.826. The number of hydrogen-bond donors (Lipinski definition) is 1. The number of carbonyl (C=O) groups excluding carboxylic acids is 1. The predicted octanol–water partition coefficient (Wildman–Crippen LogP) is 2.11. The van der Waals surface area contributed by atoms with Crippen molar-refractivity contribution in [3.05, 3.63) is 47.3 Å². The van der Waals surface area contributed by atoms with Crippen LogP contribution in [0, 0.1) is 13.8 Å². The molecule has 1 atom stereocenters. The summed E-state index contributed by atoms with van der Waals surface area (Å²) in [5, 5.41) is 7.60. The zero-order valence-corrected chi connectivity index (χ0v) is 15.9. The summed E-state index contributed by atoms with van der Waals surface area (Å²) in [7, 11) is 1.66. The molecule has 1 aliphatic heterocycles. The van der Waals surface area contributed by atoms with Crippen molar-refractivity contribution in [1.82, 2.24) is 20.0 Å². The van der Waals surface area contributed by atoms with E-state index in [0.29, 0.717) is 19.1 Å². The monoisotopic (exact) mass is 356 g/mol. The minimum Gasteiger partial charge on any atom is -0.497 e. The fraction of sp³-hybridized carbons (Fsp3) is 0.500. The van der Waals surface area contributed by atoms with Crippen molar-refractivity contribution in [3.8, 4) is 5.75 Å². The van der Waals surface area contributed by atoms with Gasteiger partial charge in [-0.05, 0) is 50.5 Å². The van der Waals surface area contributed by atoms with Crippen LogP contribution < -0.4 is 10.1 Å². The summed E-state index contributed by atoms with van der Waals surface area (Å²) in [4.78, 5) is 14.4. The van der Waals surface area contributed by atoms with Crippen molar-refractivity contribution < 1.29 is 9.53 Å². The summed E-state index contributed by atoms with van der Waals surface area (Å²) < 4.78 is 7.26. The first-order chi connectivity index (χ1) is 12.5. The van der Waals surface area contributed by atoms with E-state index in [0.717, 1.165) is 37.4 Å². The van der Waals surface area contributed by atoms with E-state index in [1.807, 2.05) is 31.2 Å². The number of hydrogen-bond acceptors (Lipinski definition) is 4. The average molecular weight is 356 g/mol. The van der Waals surface area contributed by atoms with Crippen molar-refractivity contribution in [2.24, 2.45) is 0 Å². The Labute approximate surface area is 155 Å². The highest BCUT2D eigenvalue weighted by molar-refractivity contribution is 5.78. The molecule has 1 N–H and O–H groups in total. The SMILES string of the molecule is COc1ccc(CCNC(=O)CN2CCC(n3nc(C)cc3C)C2)cc1. The van der Waals surface area contributed by atoms with Crippen LogP contribution in [-0.2, 0) is 11.2 Å². The second kappa shape index (κ2) is 8.36. The highest BCUT2D eigenvalue weighted by Crippen LogP contribution is 2.22. The van der Waals surface area contributed by atoms with Gasteiger partial charge in [-0.2, -0.15) is 5.10 Å². The van der Waals surface area contributed by atoms with E-state index < -0.39 is 0 Å². The Bertz CT molecular complexity index is 739. The third-order valence-electron chi connectivity index (χ3n) is 4.90. The van der Waals surface area contributed by atoms with Gasteiger partial charge in [-0.3, -0.25) is 14.4 Å². The largest absolute Gasteiger partial charge is 0.497 e. The number of aromatic nitrogens is 2. The molecule has 26 heavy (non-hydrogen) atoms. The van der Waals surface area contributed by atoms with Crippen LogP contribution in [0.5, 0.6) is 5.75 Å². The number of methoxy groups -OCH3 is 1. The maximum atomic E-state index is 12.2. The Morgan fingerprint density at radius 1 is 1.31 bits per heavy atom. The van der Waals surface area contributed by atoms with E-state index in [2.05, 4.69) is 33.0 Å². The lowest BCUT2D eigenvalue weighted by atomic mass is 10.1. The number of aryl methyl sites for hydroxylation is 2. The van der Waals surface area contributed by atoms with Gasteiger partial charge in [-0.15, -0.1) is 0 Å². The summed E-state index contributed by atoms with van der Waals surface area (Å²) in [6.07, 6.45) is 1.87. The molecule has 1 aromatic carbocycles. The molecule has 1 unspecified atom stereocenters. The van der Waals surface area contributed by atoms with Crippen LogP contribution in [0.15, 0.2) is 30.3 Å². The number of rotatable bonds is 7. The Morgan fingerprint density at radius 3 is 2.73 bits per heavy atom. The Morgan fingerprint density at radius 2 is 2.08 bits per heavy atom. The zero-order valence-electron chi connectivity index (χ0n) is 15.9. The minimum atomic E-state index is 0.0903. The fourth-order valence-corrected chi connectivity index (χ4v) is 3.57. The molecule has 6 nitrogen and oxygen atoms in total. The van der Waals surface area contributed by atoms with Gasteiger partial charge in [-0.1, -0.05) is 12.1 Å². The molecular weight excluding hydrogens is 328 g/mol. The number of ether oxygens (including phenoxy) is 1. The van der Waals surface area contributed by atoms with E-state index in [1.165, 1.54) is 11.3 Å². The van der Waals surface area contributed by atoms with Crippen LogP contribution in [0.25, 0.3) is 0 Å². The standard InChI is InChI=1S/C20H28N4O2/c1-15-12-16(2)24(22-15)18-9-11-23(13-18)14-20(25)21-10-8-17-4-6-19(26-3)7-5-17/h4-7,12,18H,8-11,13-14H2,1-3H3,(H,21,25). The number of likely N-dealkylation sites (tertiary alicyclic amines) is 1. The summed E-state index contributed by atoms with van der Waals surface area (Å²) in [5.41, 5.74) is 3.44. The molecule has 1 aliphatic rings. The molecule has 0 bridgehead atoms. The summed E-state index contributed by atoms with van der Waals surface area (Å²) in [6.45, 7) is 7.04. The number of nitrogens with one attached hydrogen (secondary N) is 1. The number of benzene rings is 1. The molecule has 6 heteroatoms. The van der Waals surface area contributed by atoms with E-state index in [1.54, 1.807) is 7.11 Å². The molecular formula is C20H28N4O2.